The molecule has 3 N–H and O–H groups in total. The molecule has 2 rings (SSSR count). The topological polar surface area (TPSA) is 79.0 Å². The summed E-state index contributed by atoms with van der Waals surface area (Å²) >= 11 is 0. The largest absolute Gasteiger partial charge is 0.489 e. The number of hydrogen-bond donors (Lipinski definition) is 3. The van der Waals surface area contributed by atoms with Crippen molar-refractivity contribution in [2.75, 3.05) is 26.2 Å². The Morgan fingerprint density at radius 1 is 1.31 bits per heavy atom. The van der Waals surface area contributed by atoms with Gasteiger partial charge in [0, 0.05) is 12.6 Å². The van der Waals surface area contributed by atoms with E-state index in [9.17, 15) is 13.9 Å². The number of halogens is 3. The zero-order valence-electron chi connectivity index (χ0n) is 14.2. The highest BCUT2D eigenvalue weighted by Gasteiger charge is 2.10. The minimum atomic E-state index is -0.838. The summed E-state index contributed by atoms with van der Waals surface area (Å²) in [4.78, 5) is 4.25. The number of ether oxygens (including phenoxy) is 1. The fourth-order valence-corrected chi connectivity index (χ4v) is 2.01. The predicted octanol–water partition coefficient (Wildman–Crippen LogP) is 2.84. The number of guanidine groups is 1. The maximum atomic E-state index is 13.4. The van der Waals surface area contributed by atoms with Crippen LogP contribution in [0, 0.1) is 11.6 Å². The van der Waals surface area contributed by atoms with Gasteiger partial charge >= 0.3 is 0 Å². The summed E-state index contributed by atoms with van der Waals surface area (Å²) in [5, 5.41) is 16.0. The summed E-state index contributed by atoms with van der Waals surface area (Å²) in [6.07, 6.45) is 0.646. The van der Waals surface area contributed by atoms with Gasteiger partial charge in [0.05, 0.1) is 19.4 Å². The van der Waals surface area contributed by atoms with E-state index in [1.165, 1.54) is 12.3 Å². The number of aliphatic hydroxyl groups is 1. The van der Waals surface area contributed by atoms with Crippen LogP contribution in [0.2, 0.25) is 0 Å². The van der Waals surface area contributed by atoms with Gasteiger partial charge in [-0.2, -0.15) is 0 Å². The molecule has 0 bridgehead atoms. The molecular formula is C17H22F2IN3O3. The number of aliphatic hydroxyl groups excluding tert-OH is 1. The molecule has 1 heterocycles. The zero-order chi connectivity index (χ0) is 18.1. The van der Waals surface area contributed by atoms with Crippen LogP contribution in [-0.2, 0) is 0 Å². The van der Waals surface area contributed by atoms with Crippen LogP contribution in [0.25, 0.3) is 0 Å². The number of benzene rings is 1. The van der Waals surface area contributed by atoms with Crippen LogP contribution in [0.4, 0.5) is 8.78 Å². The SMILES string of the molecule is CCNC(=NCC(O)c1ccco1)NCCOc1ccc(F)cc1F.I. The molecule has 1 atom stereocenters. The molecule has 9 heteroatoms. The van der Waals surface area contributed by atoms with Crippen molar-refractivity contribution in [1.29, 1.82) is 0 Å². The van der Waals surface area contributed by atoms with E-state index in [1.54, 1.807) is 12.1 Å². The monoisotopic (exact) mass is 481 g/mol. The number of furan rings is 1. The second kappa shape index (κ2) is 11.7. The first kappa shape index (κ1) is 22.2. The van der Waals surface area contributed by atoms with Gasteiger partial charge in [0.25, 0.3) is 0 Å². The average molecular weight is 481 g/mol. The minimum absolute atomic E-state index is 0. The minimum Gasteiger partial charge on any atom is -0.489 e. The Bertz CT molecular complexity index is 684. The summed E-state index contributed by atoms with van der Waals surface area (Å²) in [6.45, 7) is 3.17. The first-order chi connectivity index (χ1) is 12.1. The van der Waals surface area contributed by atoms with Gasteiger partial charge in [0.15, 0.2) is 17.5 Å². The molecule has 0 fully saturated rings. The van der Waals surface area contributed by atoms with Gasteiger partial charge in [-0.3, -0.25) is 4.99 Å². The number of aliphatic imine (C=N–C) groups is 1. The third kappa shape index (κ3) is 7.16. The van der Waals surface area contributed by atoms with Crippen molar-refractivity contribution in [2.24, 2.45) is 4.99 Å². The molecule has 0 saturated carbocycles. The molecule has 26 heavy (non-hydrogen) atoms. The molecule has 144 valence electrons. The molecule has 0 amide bonds. The van der Waals surface area contributed by atoms with Crippen molar-refractivity contribution in [3.8, 4) is 5.75 Å². The summed E-state index contributed by atoms with van der Waals surface area (Å²) in [6, 6.07) is 6.50. The fourth-order valence-electron chi connectivity index (χ4n) is 2.01. The van der Waals surface area contributed by atoms with Gasteiger partial charge in [-0.05, 0) is 31.2 Å². The van der Waals surface area contributed by atoms with Gasteiger partial charge in [-0.25, -0.2) is 8.78 Å². The van der Waals surface area contributed by atoms with Crippen molar-refractivity contribution in [3.63, 3.8) is 0 Å². The lowest BCUT2D eigenvalue weighted by atomic mass is 10.3. The van der Waals surface area contributed by atoms with E-state index in [2.05, 4.69) is 15.6 Å². The van der Waals surface area contributed by atoms with E-state index in [0.717, 1.165) is 12.1 Å². The second-order valence-corrected chi connectivity index (χ2v) is 5.10. The zero-order valence-corrected chi connectivity index (χ0v) is 16.6. The number of rotatable bonds is 8. The van der Waals surface area contributed by atoms with Crippen LogP contribution in [0.5, 0.6) is 5.75 Å². The first-order valence-electron chi connectivity index (χ1n) is 7.91. The van der Waals surface area contributed by atoms with Crippen LogP contribution >= 0.6 is 24.0 Å². The van der Waals surface area contributed by atoms with Crippen molar-refractivity contribution in [1.82, 2.24) is 10.6 Å². The summed E-state index contributed by atoms with van der Waals surface area (Å²) < 4.78 is 36.6. The molecule has 0 saturated heterocycles. The molecule has 1 unspecified atom stereocenters. The van der Waals surface area contributed by atoms with E-state index in [0.29, 0.717) is 24.8 Å². The van der Waals surface area contributed by atoms with Crippen LogP contribution < -0.4 is 15.4 Å². The highest BCUT2D eigenvalue weighted by molar-refractivity contribution is 14.0. The summed E-state index contributed by atoms with van der Waals surface area (Å²) in [5.41, 5.74) is 0. The molecule has 0 aliphatic carbocycles. The third-order valence-corrected chi connectivity index (χ3v) is 3.18. The van der Waals surface area contributed by atoms with Crippen LogP contribution in [0.3, 0.4) is 0 Å². The maximum absolute atomic E-state index is 13.4. The Hall–Kier alpha value is -1.88. The van der Waals surface area contributed by atoms with Crippen LogP contribution in [0.1, 0.15) is 18.8 Å². The lowest BCUT2D eigenvalue weighted by Gasteiger charge is -2.13. The van der Waals surface area contributed by atoms with Gasteiger partial charge in [-0.15, -0.1) is 24.0 Å². The van der Waals surface area contributed by atoms with Gasteiger partial charge in [0.2, 0.25) is 0 Å². The lowest BCUT2D eigenvalue weighted by Crippen LogP contribution is -2.39. The van der Waals surface area contributed by atoms with E-state index >= 15 is 0 Å². The Kier molecular flexibility index (Phi) is 9.96. The van der Waals surface area contributed by atoms with E-state index in [-0.39, 0.29) is 42.9 Å². The van der Waals surface area contributed by atoms with Gasteiger partial charge < -0.3 is 24.9 Å². The van der Waals surface area contributed by atoms with Crippen molar-refractivity contribution in [3.05, 3.63) is 54.0 Å². The molecule has 6 nitrogen and oxygen atoms in total. The number of hydrogen-bond acceptors (Lipinski definition) is 4. The standard InChI is InChI=1S/C17H21F2N3O3.HI/c1-2-20-17(22-11-14(23)16-4-3-8-24-16)21-7-9-25-15-6-5-12(18)10-13(15)19;/h3-6,8,10,14,23H,2,7,9,11H2,1H3,(H2,20,21,22);1H. The Morgan fingerprint density at radius 2 is 2.12 bits per heavy atom. The highest BCUT2D eigenvalue weighted by atomic mass is 127. The number of nitrogens with one attached hydrogen (secondary N) is 2. The fraction of sp³-hybridized carbons (Fsp3) is 0.353. The molecule has 1 aromatic carbocycles. The molecule has 2 aromatic rings. The number of nitrogens with zero attached hydrogens (tertiary/aromatic N) is 1. The van der Waals surface area contributed by atoms with E-state index in [1.807, 2.05) is 6.92 Å². The summed E-state index contributed by atoms with van der Waals surface area (Å²) in [7, 11) is 0. The first-order valence-corrected chi connectivity index (χ1v) is 7.91. The molecule has 0 radical (unpaired) electrons. The maximum Gasteiger partial charge on any atom is 0.191 e. The van der Waals surface area contributed by atoms with E-state index < -0.39 is 17.7 Å². The van der Waals surface area contributed by atoms with Crippen molar-refractivity contribution >= 4 is 29.9 Å². The second-order valence-electron chi connectivity index (χ2n) is 5.10. The normalized spacial score (nSPS) is 12.2. The molecule has 0 spiro atoms. The average Bonchev–Trinajstić information content (AvgIpc) is 3.12. The molecule has 0 aliphatic rings. The van der Waals surface area contributed by atoms with Crippen molar-refractivity contribution in [2.45, 2.75) is 13.0 Å². The van der Waals surface area contributed by atoms with E-state index in [4.69, 9.17) is 9.15 Å². The lowest BCUT2D eigenvalue weighted by molar-refractivity contribution is 0.158. The summed E-state index contributed by atoms with van der Waals surface area (Å²) in [5.74, 6) is -0.494. The third-order valence-electron chi connectivity index (χ3n) is 3.18. The predicted molar refractivity (Wildman–Crippen MR) is 105 cm³/mol. The Morgan fingerprint density at radius 3 is 2.77 bits per heavy atom. The highest BCUT2D eigenvalue weighted by Crippen LogP contribution is 2.17. The molecule has 0 aliphatic heterocycles. The molecular weight excluding hydrogens is 459 g/mol. The van der Waals surface area contributed by atoms with Gasteiger partial charge in [0.1, 0.15) is 24.3 Å². The smallest absolute Gasteiger partial charge is 0.191 e. The Labute approximate surface area is 167 Å². The quantitative estimate of drug-likeness (QED) is 0.234. The Balaban J connectivity index is 0.00000338. The molecule has 1 aromatic heterocycles. The van der Waals surface area contributed by atoms with Crippen LogP contribution in [-0.4, -0.2) is 37.3 Å². The van der Waals surface area contributed by atoms with Gasteiger partial charge in [-0.1, -0.05) is 0 Å². The van der Waals surface area contributed by atoms with Crippen molar-refractivity contribution < 1.29 is 23.0 Å². The van der Waals surface area contributed by atoms with Crippen LogP contribution in [0.15, 0.2) is 46.0 Å².